The highest BCUT2D eigenvalue weighted by Gasteiger charge is 2.31. The Morgan fingerprint density at radius 2 is 1.85 bits per heavy atom. The van der Waals surface area contributed by atoms with Crippen molar-refractivity contribution in [2.45, 2.75) is 17.1 Å². The van der Waals surface area contributed by atoms with Gasteiger partial charge in [-0.3, -0.25) is 4.79 Å². The summed E-state index contributed by atoms with van der Waals surface area (Å²) in [5.74, 6) is -0.143. The lowest BCUT2D eigenvalue weighted by Gasteiger charge is -2.17. The first-order valence-corrected chi connectivity index (χ1v) is 10.2. The molecule has 2 aromatic carbocycles. The van der Waals surface area contributed by atoms with Gasteiger partial charge in [-0.05, 0) is 49.4 Å². The average molecular weight is 404 g/mol. The number of halogens is 1. The first-order valence-electron chi connectivity index (χ1n) is 8.25. The van der Waals surface area contributed by atoms with E-state index in [1.807, 2.05) is 6.92 Å². The van der Waals surface area contributed by atoms with E-state index in [1.54, 1.807) is 54.6 Å². The van der Waals surface area contributed by atoms with Crippen LogP contribution in [0.5, 0.6) is 0 Å². The molecule has 1 amide bonds. The van der Waals surface area contributed by atoms with Crippen molar-refractivity contribution >= 4 is 27.3 Å². The molecule has 0 saturated heterocycles. The van der Waals surface area contributed by atoms with Gasteiger partial charge in [0.25, 0.3) is 5.91 Å². The minimum Gasteiger partial charge on any atom is -0.468 e. The molecule has 3 aromatic rings. The molecule has 7 heteroatoms. The zero-order valence-electron chi connectivity index (χ0n) is 14.6. The normalized spacial score (nSPS) is 12.5. The lowest BCUT2D eigenvalue weighted by molar-refractivity contribution is 0.0953. The van der Waals surface area contributed by atoms with Crippen molar-refractivity contribution in [1.29, 1.82) is 0 Å². The summed E-state index contributed by atoms with van der Waals surface area (Å²) in [6, 6.07) is 16.2. The lowest BCUT2D eigenvalue weighted by Crippen LogP contribution is -2.31. The number of carbonyl (C=O) groups is 1. The molecule has 0 radical (unpaired) electrons. The highest BCUT2D eigenvalue weighted by atomic mass is 35.5. The molecule has 1 unspecified atom stereocenters. The molecular formula is C20H18ClNO4S. The predicted octanol–water partition coefficient (Wildman–Crippen LogP) is 4.19. The average Bonchev–Trinajstić information content (AvgIpc) is 3.16. The summed E-state index contributed by atoms with van der Waals surface area (Å²) in [5.41, 5.74) is 1.31. The molecule has 140 valence electrons. The molecule has 0 aliphatic carbocycles. The van der Waals surface area contributed by atoms with E-state index in [2.05, 4.69) is 5.32 Å². The summed E-state index contributed by atoms with van der Waals surface area (Å²) >= 11 is 5.91. The van der Waals surface area contributed by atoms with Crippen molar-refractivity contribution in [3.05, 3.63) is 88.8 Å². The quantitative estimate of drug-likeness (QED) is 0.669. The molecule has 0 fully saturated rings. The zero-order valence-corrected chi connectivity index (χ0v) is 16.1. The van der Waals surface area contributed by atoms with Crippen LogP contribution in [0, 0.1) is 6.92 Å². The number of rotatable bonds is 6. The molecule has 1 N–H and O–H groups in total. The summed E-state index contributed by atoms with van der Waals surface area (Å²) in [7, 11) is -3.76. The Bertz CT molecular complexity index is 1030. The molecule has 3 rings (SSSR count). The van der Waals surface area contributed by atoms with Crippen LogP contribution < -0.4 is 5.32 Å². The van der Waals surface area contributed by atoms with Crippen LogP contribution in [-0.2, 0) is 9.84 Å². The van der Waals surface area contributed by atoms with Gasteiger partial charge in [-0.25, -0.2) is 8.42 Å². The smallest absolute Gasteiger partial charge is 0.251 e. The van der Waals surface area contributed by atoms with E-state index in [0.717, 1.165) is 5.56 Å². The summed E-state index contributed by atoms with van der Waals surface area (Å²) in [4.78, 5) is 12.6. The number of sulfone groups is 1. The van der Waals surface area contributed by atoms with Crippen molar-refractivity contribution in [1.82, 2.24) is 5.32 Å². The van der Waals surface area contributed by atoms with E-state index >= 15 is 0 Å². The number of aryl methyl sites for hydroxylation is 1. The largest absolute Gasteiger partial charge is 0.468 e. The number of carbonyl (C=O) groups excluding carboxylic acids is 1. The fraction of sp³-hybridized carbons (Fsp3) is 0.150. The first kappa shape index (κ1) is 19.2. The zero-order chi connectivity index (χ0) is 19.4. The van der Waals surface area contributed by atoms with Crippen LogP contribution in [0.25, 0.3) is 0 Å². The molecule has 0 aliphatic heterocycles. The standard InChI is InChI=1S/C20H18ClNO4S/c1-14-7-9-17(10-8-14)27(24,25)19(18-6-3-11-26-18)13-22-20(23)15-4-2-5-16(21)12-15/h2-12,19H,13H2,1H3,(H,22,23). The van der Waals surface area contributed by atoms with Crippen molar-refractivity contribution in [2.75, 3.05) is 6.54 Å². The van der Waals surface area contributed by atoms with E-state index in [9.17, 15) is 13.2 Å². The summed E-state index contributed by atoms with van der Waals surface area (Å²) in [6.07, 6.45) is 1.41. The monoisotopic (exact) mass is 403 g/mol. The van der Waals surface area contributed by atoms with Crippen LogP contribution in [0.15, 0.2) is 76.2 Å². The van der Waals surface area contributed by atoms with Gasteiger partial charge < -0.3 is 9.73 Å². The van der Waals surface area contributed by atoms with Crippen LogP contribution in [0.1, 0.15) is 26.9 Å². The SMILES string of the molecule is Cc1ccc(S(=O)(=O)C(CNC(=O)c2cccc(Cl)c2)c2ccco2)cc1. The summed E-state index contributed by atoms with van der Waals surface area (Å²) in [5, 5.41) is 2.05. The molecule has 1 heterocycles. The van der Waals surface area contributed by atoms with E-state index in [-0.39, 0.29) is 17.2 Å². The van der Waals surface area contributed by atoms with Crippen molar-refractivity contribution in [3.8, 4) is 0 Å². The third-order valence-corrected chi connectivity index (χ3v) is 6.43. The van der Waals surface area contributed by atoms with Gasteiger partial charge in [-0.15, -0.1) is 0 Å². The molecule has 5 nitrogen and oxygen atoms in total. The molecule has 27 heavy (non-hydrogen) atoms. The number of nitrogens with one attached hydrogen (secondary N) is 1. The van der Waals surface area contributed by atoms with E-state index in [4.69, 9.17) is 16.0 Å². The Hall–Kier alpha value is -2.57. The van der Waals surface area contributed by atoms with E-state index < -0.39 is 21.0 Å². The van der Waals surface area contributed by atoms with E-state index in [0.29, 0.717) is 10.6 Å². The Kier molecular flexibility index (Phi) is 5.68. The van der Waals surface area contributed by atoms with E-state index in [1.165, 1.54) is 12.3 Å². The van der Waals surface area contributed by atoms with Gasteiger partial charge >= 0.3 is 0 Å². The molecule has 0 spiro atoms. The molecule has 1 aromatic heterocycles. The maximum Gasteiger partial charge on any atom is 0.251 e. The van der Waals surface area contributed by atoms with Crippen LogP contribution in [0.2, 0.25) is 5.02 Å². The Balaban J connectivity index is 1.86. The molecular weight excluding hydrogens is 386 g/mol. The maximum absolute atomic E-state index is 13.1. The number of furan rings is 1. The van der Waals surface area contributed by atoms with Gasteiger partial charge in [-0.1, -0.05) is 35.4 Å². The van der Waals surface area contributed by atoms with Crippen LogP contribution in [0.4, 0.5) is 0 Å². The molecule has 0 bridgehead atoms. The van der Waals surface area contributed by atoms with Crippen molar-refractivity contribution in [2.24, 2.45) is 0 Å². The summed E-state index contributed by atoms with van der Waals surface area (Å²) < 4.78 is 31.6. The predicted molar refractivity (Wildman–Crippen MR) is 104 cm³/mol. The Morgan fingerprint density at radius 3 is 2.48 bits per heavy atom. The van der Waals surface area contributed by atoms with Gasteiger partial charge in [-0.2, -0.15) is 0 Å². The fourth-order valence-corrected chi connectivity index (χ4v) is 4.42. The minimum atomic E-state index is -3.76. The highest BCUT2D eigenvalue weighted by Crippen LogP contribution is 2.29. The second kappa shape index (κ2) is 7.98. The Labute approximate surface area is 162 Å². The highest BCUT2D eigenvalue weighted by molar-refractivity contribution is 7.91. The van der Waals surface area contributed by atoms with Crippen LogP contribution in [-0.4, -0.2) is 20.9 Å². The molecule has 0 aliphatic rings. The van der Waals surface area contributed by atoms with Gasteiger partial charge in [0.1, 0.15) is 11.0 Å². The lowest BCUT2D eigenvalue weighted by atomic mass is 10.2. The van der Waals surface area contributed by atoms with Gasteiger partial charge in [0.2, 0.25) is 0 Å². The van der Waals surface area contributed by atoms with Crippen molar-refractivity contribution < 1.29 is 17.6 Å². The van der Waals surface area contributed by atoms with Gasteiger partial charge in [0.15, 0.2) is 9.84 Å². The number of benzene rings is 2. The number of hydrogen-bond donors (Lipinski definition) is 1. The van der Waals surface area contributed by atoms with Crippen LogP contribution >= 0.6 is 11.6 Å². The topological polar surface area (TPSA) is 76.4 Å². The third-order valence-electron chi connectivity index (χ3n) is 4.12. The summed E-state index contributed by atoms with van der Waals surface area (Å²) in [6.45, 7) is 1.75. The number of hydrogen-bond acceptors (Lipinski definition) is 4. The van der Waals surface area contributed by atoms with Gasteiger partial charge in [0, 0.05) is 17.1 Å². The second-order valence-corrected chi connectivity index (χ2v) is 8.65. The van der Waals surface area contributed by atoms with Gasteiger partial charge in [0.05, 0.1) is 11.2 Å². The third kappa shape index (κ3) is 4.40. The Morgan fingerprint density at radius 1 is 1.11 bits per heavy atom. The first-order chi connectivity index (χ1) is 12.9. The van der Waals surface area contributed by atoms with Crippen LogP contribution in [0.3, 0.4) is 0 Å². The fourth-order valence-electron chi connectivity index (χ4n) is 2.65. The van der Waals surface area contributed by atoms with Crippen molar-refractivity contribution in [3.63, 3.8) is 0 Å². The molecule has 1 atom stereocenters. The molecule has 0 saturated carbocycles. The number of amides is 1. The second-order valence-electron chi connectivity index (χ2n) is 6.08. The minimum absolute atomic E-state index is 0.130. The maximum atomic E-state index is 13.1.